The fraction of sp³-hybridized carbons (Fsp3) is 0.0141. The molecule has 0 amide bonds. The Kier molecular flexibility index (Phi) is 9.76. The Morgan fingerprint density at radius 3 is 1.53 bits per heavy atom. The number of rotatable bonds is 8. The quantitative estimate of drug-likeness (QED) is 0.152. The SMILES string of the molecule is c1ccc(-c2cccc(-c3cc(-c4cccc(-c5ccccc5)c4)nc(-c4cccc5oc6ccc(-n7c8ccccc8c8cc9c(cc87)C(c7ccccc7)(c7ccccc7)c7ccccc7-9)cc6c45)n3)c2)cc1. The van der Waals surface area contributed by atoms with Crippen molar-refractivity contribution in [2.24, 2.45) is 0 Å². The first kappa shape index (κ1) is 42.8. The minimum atomic E-state index is -0.539. The summed E-state index contributed by atoms with van der Waals surface area (Å²) in [6.07, 6.45) is 0. The molecule has 0 saturated heterocycles. The molecule has 3 aromatic heterocycles. The molecule has 0 N–H and O–H groups in total. The number of nitrogens with zero attached hydrogens (tertiary/aromatic N) is 3. The van der Waals surface area contributed by atoms with E-state index in [4.69, 9.17) is 14.4 Å². The lowest BCUT2D eigenvalue weighted by molar-refractivity contribution is 0.669. The van der Waals surface area contributed by atoms with Crippen LogP contribution in [-0.2, 0) is 5.41 Å². The summed E-state index contributed by atoms with van der Waals surface area (Å²) in [5.41, 5.74) is 21.1. The Balaban J connectivity index is 0.952. The Morgan fingerprint density at radius 1 is 0.320 bits per heavy atom. The number of hydrogen-bond donors (Lipinski definition) is 0. The highest BCUT2D eigenvalue weighted by Crippen LogP contribution is 2.57. The molecule has 0 radical (unpaired) electrons. The standard InChI is InChI=1S/C71H45N3O/c1-5-20-46(21-6-1)48-24-17-26-50(40-48)63-45-64(51-27-18-25-49(41-51)47-22-7-2-8-23-47)73-70(72-63)57-34-19-37-68-69(57)60-42-54(38-39-67(60)75-68)74-65-36-16-14-33-56(65)59-43-58-55-32-13-15-35-61(55)71(62(58)44-66(59)74,52-28-9-3-10-29-52)53-30-11-4-12-31-53/h1-45H. The van der Waals surface area contributed by atoms with Crippen LogP contribution in [0.3, 0.4) is 0 Å². The van der Waals surface area contributed by atoms with E-state index in [1.54, 1.807) is 0 Å². The molecular weight excluding hydrogens is 911 g/mol. The van der Waals surface area contributed by atoms with Crippen molar-refractivity contribution < 1.29 is 4.42 Å². The van der Waals surface area contributed by atoms with Crippen LogP contribution in [0.4, 0.5) is 0 Å². The van der Waals surface area contributed by atoms with E-state index < -0.39 is 5.41 Å². The van der Waals surface area contributed by atoms with E-state index in [0.717, 1.165) is 89.0 Å². The van der Waals surface area contributed by atoms with E-state index >= 15 is 0 Å². The number of benzene rings is 11. The molecule has 0 saturated carbocycles. The van der Waals surface area contributed by atoms with Gasteiger partial charge in [0.25, 0.3) is 0 Å². The zero-order valence-corrected chi connectivity index (χ0v) is 40.7. The molecule has 0 bridgehead atoms. The van der Waals surface area contributed by atoms with E-state index in [9.17, 15) is 0 Å². The van der Waals surface area contributed by atoms with Crippen LogP contribution < -0.4 is 0 Å². The van der Waals surface area contributed by atoms with Crippen molar-refractivity contribution in [3.8, 4) is 73.0 Å². The molecule has 0 unspecified atom stereocenters. The number of fused-ring (bicyclic) bond motifs is 9. The van der Waals surface area contributed by atoms with Crippen molar-refractivity contribution in [3.05, 3.63) is 295 Å². The van der Waals surface area contributed by atoms with Gasteiger partial charge >= 0.3 is 0 Å². The lowest BCUT2D eigenvalue weighted by Gasteiger charge is -2.34. The Labute approximate surface area is 434 Å². The van der Waals surface area contributed by atoms with E-state index in [1.165, 1.54) is 44.2 Å². The minimum absolute atomic E-state index is 0.539. The topological polar surface area (TPSA) is 43.9 Å². The molecule has 75 heavy (non-hydrogen) atoms. The van der Waals surface area contributed by atoms with E-state index in [0.29, 0.717) is 5.82 Å². The fourth-order valence-electron chi connectivity index (χ4n) is 12.2. The predicted octanol–water partition coefficient (Wildman–Crippen LogP) is 18.2. The second-order valence-corrected chi connectivity index (χ2v) is 19.6. The van der Waals surface area contributed by atoms with Crippen LogP contribution in [0.2, 0.25) is 0 Å². The van der Waals surface area contributed by atoms with Crippen molar-refractivity contribution in [3.63, 3.8) is 0 Å². The van der Waals surface area contributed by atoms with Crippen molar-refractivity contribution in [2.45, 2.75) is 5.41 Å². The summed E-state index contributed by atoms with van der Waals surface area (Å²) in [6, 6.07) is 98.2. The molecule has 350 valence electrons. The van der Waals surface area contributed by atoms with Crippen LogP contribution in [0.25, 0.3) is 117 Å². The molecule has 0 fully saturated rings. The van der Waals surface area contributed by atoms with Gasteiger partial charge in [-0.25, -0.2) is 9.97 Å². The van der Waals surface area contributed by atoms with Gasteiger partial charge in [0.2, 0.25) is 0 Å². The van der Waals surface area contributed by atoms with Crippen molar-refractivity contribution in [2.75, 3.05) is 0 Å². The molecule has 4 heteroatoms. The summed E-state index contributed by atoms with van der Waals surface area (Å²) in [5.74, 6) is 0.626. The molecule has 14 aromatic rings. The van der Waals surface area contributed by atoms with Gasteiger partial charge in [0.05, 0.1) is 27.8 Å². The van der Waals surface area contributed by atoms with Gasteiger partial charge in [0.15, 0.2) is 5.82 Å². The molecule has 3 heterocycles. The highest BCUT2D eigenvalue weighted by Gasteiger charge is 2.46. The molecule has 0 atom stereocenters. The summed E-state index contributed by atoms with van der Waals surface area (Å²) in [5, 5.41) is 4.37. The van der Waals surface area contributed by atoms with E-state index in [1.807, 2.05) is 0 Å². The van der Waals surface area contributed by atoms with E-state index in [2.05, 4.69) is 278 Å². The van der Waals surface area contributed by atoms with Gasteiger partial charge in [0, 0.05) is 43.9 Å². The van der Waals surface area contributed by atoms with Crippen LogP contribution in [0.5, 0.6) is 0 Å². The highest BCUT2D eigenvalue weighted by molar-refractivity contribution is 6.15. The number of furan rings is 1. The molecule has 4 nitrogen and oxygen atoms in total. The molecule has 15 rings (SSSR count). The zero-order valence-electron chi connectivity index (χ0n) is 40.7. The lowest BCUT2D eigenvalue weighted by atomic mass is 9.67. The van der Waals surface area contributed by atoms with Crippen molar-refractivity contribution in [1.82, 2.24) is 14.5 Å². The Morgan fingerprint density at radius 2 is 0.867 bits per heavy atom. The van der Waals surface area contributed by atoms with Crippen LogP contribution >= 0.6 is 0 Å². The van der Waals surface area contributed by atoms with Gasteiger partial charge in [-0.2, -0.15) is 0 Å². The second-order valence-electron chi connectivity index (χ2n) is 19.6. The summed E-state index contributed by atoms with van der Waals surface area (Å²) in [7, 11) is 0. The third-order valence-electron chi connectivity index (χ3n) is 15.5. The lowest BCUT2D eigenvalue weighted by Crippen LogP contribution is -2.28. The molecule has 0 spiro atoms. The first-order valence-electron chi connectivity index (χ1n) is 25.6. The van der Waals surface area contributed by atoms with Crippen LogP contribution in [0.1, 0.15) is 22.3 Å². The van der Waals surface area contributed by atoms with Gasteiger partial charge in [-0.1, -0.05) is 212 Å². The van der Waals surface area contributed by atoms with Gasteiger partial charge in [-0.05, 0) is 116 Å². The Bertz CT molecular complexity index is 4380. The van der Waals surface area contributed by atoms with Crippen LogP contribution in [0, 0.1) is 0 Å². The molecule has 1 aliphatic carbocycles. The largest absolute Gasteiger partial charge is 0.456 e. The maximum Gasteiger partial charge on any atom is 0.161 e. The smallest absolute Gasteiger partial charge is 0.161 e. The average molecular weight is 956 g/mol. The molecular formula is C71H45N3O. The number of hydrogen-bond acceptors (Lipinski definition) is 3. The van der Waals surface area contributed by atoms with Crippen LogP contribution in [-0.4, -0.2) is 14.5 Å². The predicted molar refractivity (Wildman–Crippen MR) is 308 cm³/mol. The summed E-state index contributed by atoms with van der Waals surface area (Å²) < 4.78 is 9.23. The van der Waals surface area contributed by atoms with Gasteiger partial charge in [0.1, 0.15) is 11.2 Å². The number of aromatic nitrogens is 3. The monoisotopic (exact) mass is 955 g/mol. The second kappa shape index (κ2) is 17.1. The number of para-hydroxylation sites is 1. The van der Waals surface area contributed by atoms with Crippen LogP contribution in [0.15, 0.2) is 277 Å². The molecule has 0 aliphatic heterocycles. The normalized spacial score (nSPS) is 12.6. The van der Waals surface area contributed by atoms with Crippen molar-refractivity contribution >= 4 is 43.7 Å². The van der Waals surface area contributed by atoms with E-state index in [-0.39, 0.29) is 0 Å². The van der Waals surface area contributed by atoms with Crippen molar-refractivity contribution in [1.29, 1.82) is 0 Å². The maximum absolute atomic E-state index is 6.78. The summed E-state index contributed by atoms with van der Waals surface area (Å²) in [4.78, 5) is 10.9. The Hall–Kier alpha value is -9.90. The first-order chi connectivity index (χ1) is 37.2. The summed E-state index contributed by atoms with van der Waals surface area (Å²) >= 11 is 0. The van der Waals surface area contributed by atoms with Gasteiger partial charge in [-0.15, -0.1) is 0 Å². The highest BCUT2D eigenvalue weighted by atomic mass is 16.3. The van der Waals surface area contributed by atoms with Gasteiger partial charge < -0.3 is 8.98 Å². The average Bonchev–Trinajstić information content (AvgIpc) is 4.16. The third-order valence-corrected chi connectivity index (χ3v) is 15.5. The first-order valence-corrected chi connectivity index (χ1v) is 25.6. The maximum atomic E-state index is 6.78. The zero-order chi connectivity index (χ0) is 49.5. The van der Waals surface area contributed by atoms with Gasteiger partial charge in [-0.3, -0.25) is 0 Å². The molecule has 1 aliphatic rings. The fourth-order valence-corrected chi connectivity index (χ4v) is 12.2. The third kappa shape index (κ3) is 6.77. The minimum Gasteiger partial charge on any atom is -0.456 e. The molecule has 11 aromatic carbocycles. The summed E-state index contributed by atoms with van der Waals surface area (Å²) in [6.45, 7) is 0.